The lowest BCUT2D eigenvalue weighted by Crippen LogP contribution is -2.41. The van der Waals surface area contributed by atoms with E-state index in [4.69, 9.17) is 30.4 Å². The predicted octanol–water partition coefficient (Wildman–Crippen LogP) is 8.40. The second-order valence-electron chi connectivity index (χ2n) is 16.3. The van der Waals surface area contributed by atoms with Gasteiger partial charge in [-0.3, -0.25) is 0 Å². The van der Waals surface area contributed by atoms with Crippen LogP contribution in [0.2, 0.25) is 0 Å². The first kappa shape index (κ1) is 41.2. The molecule has 0 spiro atoms. The summed E-state index contributed by atoms with van der Waals surface area (Å²) in [5, 5.41) is 25.6. The van der Waals surface area contributed by atoms with Crippen LogP contribution in [0.15, 0.2) is 84.9 Å². The van der Waals surface area contributed by atoms with Crippen molar-refractivity contribution in [3.63, 3.8) is 0 Å². The minimum absolute atomic E-state index is 0.163. The molecule has 0 bridgehead atoms. The number of aromatic hydroxyl groups is 2. The highest BCUT2D eigenvalue weighted by Crippen LogP contribution is 2.35. The number of rotatable bonds is 9. The number of phenols is 2. The number of nitrogens with one attached hydrogen (secondary N) is 1. The van der Waals surface area contributed by atoms with Gasteiger partial charge < -0.3 is 35.8 Å². The van der Waals surface area contributed by atoms with E-state index >= 15 is 0 Å². The first-order valence-corrected chi connectivity index (χ1v) is 20.8. The Morgan fingerprint density at radius 3 is 1.73 bits per heavy atom. The van der Waals surface area contributed by atoms with Crippen molar-refractivity contribution < 1.29 is 19.7 Å². The number of para-hydroxylation sites is 2. The van der Waals surface area contributed by atoms with Crippen LogP contribution in [-0.2, 0) is 4.74 Å². The lowest BCUT2D eigenvalue weighted by atomic mass is 9.97. The molecule has 2 aromatic heterocycles. The highest BCUT2D eigenvalue weighted by atomic mass is 16.5. The fraction of sp³-hybridized carbons (Fsp3) is 0.383. The van der Waals surface area contributed by atoms with Gasteiger partial charge in [0.15, 0.2) is 11.6 Å². The number of piperidine rings is 2. The Morgan fingerprint density at radius 2 is 1.24 bits per heavy atom. The summed E-state index contributed by atoms with van der Waals surface area (Å²) in [6.07, 6.45) is 3.98. The smallest absolute Gasteiger partial charge is 0.407 e. The third-order valence-corrected chi connectivity index (χ3v) is 11.0. The van der Waals surface area contributed by atoms with Crippen molar-refractivity contribution in [2.75, 3.05) is 55.7 Å². The summed E-state index contributed by atoms with van der Waals surface area (Å²) in [5.74, 6) is 4.34. The Labute approximate surface area is 346 Å². The molecule has 2 fully saturated rings. The zero-order valence-corrected chi connectivity index (χ0v) is 34.6. The normalized spacial score (nSPS) is 16.8. The Kier molecular flexibility index (Phi) is 13.1. The molecular weight excluding hydrogens is 741 g/mol. The maximum Gasteiger partial charge on any atom is 0.407 e. The van der Waals surface area contributed by atoms with Gasteiger partial charge in [-0.2, -0.15) is 0 Å². The second kappa shape index (κ2) is 18.7. The molecule has 12 nitrogen and oxygen atoms in total. The number of hydrogen-bond donors (Lipinski definition) is 4. The van der Waals surface area contributed by atoms with Gasteiger partial charge in [-0.25, -0.2) is 24.7 Å². The molecule has 5 N–H and O–H groups in total. The van der Waals surface area contributed by atoms with Crippen LogP contribution in [0.3, 0.4) is 0 Å². The molecule has 308 valence electrons. The molecule has 8 rings (SSSR count). The third kappa shape index (κ3) is 10.00. The minimum Gasteiger partial charge on any atom is -0.507 e. The van der Waals surface area contributed by atoms with E-state index in [0.717, 1.165) is 90.0 Å². The number of anilines is 2. The zero-order chi connectivity index (χ0) is 41.5. The van der Waals surface area contributed by atoms with Crippen LogP contribution in [0.5, 0.6) is 11.5 Å². The first-order chi connectivity index (χ1) is 28.6. The highest BCUT2D eigenvalue weighted by Gasteiger charge is 2.26. The average Bonchev–Trinajstić information content (AvgIpc) is 3.24. The average molecular weight is 797 g/mol. The maximum atomic E-state index is 12.0. The Bertz CT molecular complexity index is 2400. The molecule has 12 heteroatoms. The van der Waals surface area contributed by atoms with Gasteiger partial charge >= 0.3 is 6.09 Å². The fourth-order valence-electron chi connectivity index (χ4n) is 7.89. The molecule has 4 heterocycles. The van der Waals surface area contributed by atoms with Crippen molar-refractivity contribution in [3.05, 3.63) is 96.1 Å². The number of nitrogens with two attached hydrogens (primary N) is 1. The monoisotopic (exact) mass is 796 g/mol. The van der Waals surface area contributed by atoms with Crippen LogP contribution >= 0.6 is 0 Å². The summed E-state index contributed by atoms with van der Waals surface area (Å²) in [6, 6.07) is 26.8. The number of amides is 1. The molecule has 2 atom stereocenters. The number of alkyl carbamates (subject to hydrolysis) is 1. The molecule has 1 amide bonds. The van der Waals surface area contributed by atoms with E-state index in [-0.39, 0.29) is 17.6 Å². The lowest BCUT2D eigenvalue weighted by molar-refractivity contribution is 0.131. The van der Waals surface area contributed by atoms with E-state index in [1.165, 1.54) is 6.42 Å². The van der Waals surface area contributed by atoms with E-state index in [0.29, 0.717) is 60.2 Å². The van der Waals surface area contributed by atoms with Crippen LogP contribution in [0.25, 0.3) is 44.6 Å². The summed E-state index contributed by atoms with van der Waals surface area (Å²) in [5.41, 5.74) is 11.2. The van der Waals surface area contributed by atoms with Gasteiger partial charge in [-0.05, 0) is 123 Å². The van der Waals surface area contributed by atoms with Gasteiger partial charge in [0.05, 0.1) is 28.8 Å². The van der Waals surface area contributed by atoms with E-state index in [1.807, 2.05) is 45.0 Å². The van der Waals surface area contributed by atoms with Gasteiger partial charge in [0.25, 0.3) is 0 Å². The lowest BCUT2D eigenvalue weighted by Gasteiger charge is -2.34. The predicted molar refractivity (Wildman–Crippen MR) is 236 cm³/mol. The largest absolute Gasteiger partial charge is 0.507 e. The van der Waals surface area contributed by atoms with Crippen molar-refractivity contribution in [1.82, 2.24) is 25.3 Å². The molecule has 4 aromatic carbocycles. The van der Waals surface area contributed by atoms with Crippen LogP contribution in [0.4, 0.5) is 16.4 Å². The van der Waals surface area contributed by atoms with Crippen molar-refractivity contribution in [1.29, 1.82) is 0 Å². The maximum absolute atomic E-state index is 12.0. The molecule has 0 aliphatic carbocycles. The molecule has 6 aromatic rings. The van der Waals surface area contributed by atoms with Gasteiger partial charge in [-0.15, -0.1) is 0 Å². The molecule has 0 radical (unpaired) electrons. The number of nitrogens with zero attached hydrogens (tertiary/aromatic N) is 6. The number of aromatic nitrogens is 4. The van der Waals surface area contributed by atoms with Gasteiger partial charge in [-0.1, -0.05) is 50.2 Å². The number of fused-ring (bicyclic) bond motifs is 2. The van der Waals surface area contributed by atoms with Crippen molar-refractivity contribution in [3.8, 4) is 34.3 Å². The SMILES string of the molecule is Cc1ccc2c(N3CCC[C@H](CN)C3)nc(-c3ccccc3O)nc2c1.Cc1ccc2c(N3CCC[C@H](CNC(=O)OCC(C)C)C3)nc(-c3ccccc3O)nc2c1. The molecule has 2 aliphatic heterocycles. The molecule has 59 heavy (non-hydrogen) atoms. The topological polar surface area (TPSA) is 163 Å². The third-order valence-electron chi connectivity index (χ3n) is 11.0. The van der Waals surface area contributed by atoms with Crippen LogP contribution in [-0.4, -0.2) is 82.1 Å². The van der Waals surface area contributed by atoms with Gasteiger partial charge in [0, 0.05) is 43.5 Å². The quantitative estimate of drug-likeness (QED) is 0.111. The van der Waals surface area contributed by atoms with Crippen LogP contribution in [0, 0.1) is 31.6 Å². The number of aryl methyl sites for hydroxylation is 2. The Hall–Kier alpha value is -6.01. The van der Waals surface area contributed by atoms with Crippen molar-refractivity contribution in [2.45, 2.75) is 53.4 Å². The van der Waals surface area contributed by atoms with E-state index in [1.54, 1.807) is 24.3 Å². The molecule has 2 aliphatic rings. The summed E-state index contributed by atoms with van der Waals surface area (Å²) in [4.78, 5) is 35.9. The Morgan fingerprint density at radius 1 is 0.746 bits per heavy atom. The van der Waals surface area contributed by atoms with Crippen molar-refractivity contribution >= 4 is 39.5 Å². The van der Waals surface area contributed by atoms with Crippen LogP contribution < -0.4 is 20.9 Å². The number of ether oxygens (including phenoxy) is 1. The van der Waals surface area contributed by atoms with Gasteiger partial charge in [0.2, 0.25) is 0 Å². The summed E-state index contributed by atoms with van der Waals surface area (Å²) in [7, 11) is 0. The number of carbonyl (C=O) groups is 1. The number of carbonyl (C=O) groups excluding carboxylic acids is 1. The van der Waals surface area contributed by atoms with Gasteiger partial charge in [0.1, 0.15) is 23.1 Å². The molecular formula is C47H56N8O4. The Balaban J connectivity index is 0.000000184. The van der Waals surface area contributed by atoms with E-state index in [9.17, 15) is 15.0 Å². The first-order valence-electron chi connectivity index (χ1n) is 20.8. The number of phenolic OH excluding ortho intramolecular Hbond substituents is 2. The van der Waals surface area contributed by atoms with E-state index in [2.05, 4.69) is 58.4 Å². The number of hydrogen-bond acceptors (Lipinski definition) is 11. The minimum atomic E-state index is -0.356. The zero-order valence-electron chi connectivity index (χ0n) is 34.6. The summed E-state index contributed by atoms with van der Waals surface area (Å²) in [6.45, 7) is 13.4. The molecule has 0 unspecified atom stereocenters. The summed E-state index contributed by atoms with van der Waals surface area (Å²) >= 11 is 0. The summed E-state index contributed by atoms with van der Waals surface area (Å²) < 4.78 is 5.24. The molecule has 0 saturated carbocycles. The number of benzene rings is 4. The standard InChI is InChI=1S/C26H32N4O3.C21H24N4O/c1-17(2)16-33-26(32)27-14-19-7-6-12-30(15-19)25-20-11-10-18(3)13-22(20)28-24(29-25)21-8-4-5-9-23(21)31;1-14-8-9-16-18(11-14)23-20(17-6-2-3-7-19(17)26)24-21(16)25-10-4-5-15(12-22)13-25/h4-5,8-11,13,17,19,31H,6-7,12,14-16H2,1-3H3,(H,27,32);2-3,6-9,11,15,26H,4-5,10,12-13,22H2,1H3/t19-;15-/m11/s1. The van der Waals surface area contributed by atoms with Crippen LogP contribution in [0.1, 0.15) is 50.7 Å². The van der Waals surface area contributed by atoms with E-state index < -0.39 is 0 Å². The van der Waals surface area contributed by atoms with Crippen molar-refractivity contribution in [2.24, 2.45) is 23.5 Å². The molecule has 2 saturated heterocycles. The highest BCUT2D eigenvalue weighted by molar-refractivity contribution is 5.93. The second-order valence-corrected chi connectivity index (χ2v) is 16.3. The fourth-order valence-corrected chi connectivity index (χ4v) is 7.89.